The highest BCUT2D eigenvalue weighted by molar-refractivity contribution is 7.23. The summed E-state index contributed by atoms with van der Waals surface area (Å²) in [5.41, 5.74) is 4.68. The van der Waals surface area contributed by atoms with Gasteiger partial charge in [0.1, 0.15) is 0 Å². The molecule has 0 aliphatic heterocycles. The van der Waals surface area contributed by atoms with Crippen LogP contribution in [0.4, 0.5) is 11.4 Å². The summed E-state index contributed by atoms with van der Waals surface area (Å²) in [6.45, 7) is 2.09. The molecule has 2 aromatic heterocycles. The van der Waals surface area contributed by atoms with Crippen LogP contribution in [0.25, 0.3) is 15.2 Å². The van der Waals surface area contributed by atoms with E-state index in [1.165, 1.54) is 15.8 Å². The lowest BCUT2D eigenvalue weighted by atomic mass is 10.2. The molecule has 1 N–H and O–H groups in total. The van der Waals surface area contributed by atoms with Crippen LogP contribution in [-0.4, -0.2) is 9.38 Å². The maximum atomic E-state index is 4.34. The molecular weight excluding hydrogens is 266 g/mol. The van der Waals surface area contributed by atoms with Crippen molar-refractivity contribution in [1.82, 2.24) is 9.38 Å². The highest BCUT2D eigenvalue weighted by atomic mass is 32.1. The van der Waals surface area contributed by atoms with Gasteiger partial charge in [-0.3, -0.25) is 4.40 Å². The summed E-state index contributed by atoms with van der Waals surface area (Å²) >= 11 is 1.71. The molecule has 0 fully saturated rings. The topological polar surface area (TPSA) is 29.3 Å². The quantitative estimate of drug-likeness (QED) is 0.581. The van der Waals surface area contributed by atoms with E-state index in [1.807, 2.05) is 12.4 Å². The van der Waals surface area contributed by atoms with Crippen molar-refractivity contribution in [3.8, 4) is 0 Å². The Morgan fingerprint density at radius 3 is 2.70 bits per heavy atom. The molecule has 2 heterocycles. The molecule has 4 rings (SSSR count). The molecule has 0 saturated heterocycles. The second kappa shape index (κ2) is 4.35. The molecule has 4 aromatic rings. The zero-order valence-electron chi connectivity index (χ0n) is 11.0. The lowest BCUT2D eigenvalue weighted by Gasteiger charge is -2.06. The van der Waals surface area contributed by atoms with Crippen LogP contribution in [0, 0.1) is 6.92 Å². The van der Waals surface area contributed by atoms with Gasteiger partial charge in [0.25, 0.3) is 0 Å². The number of benzene rings is 2. The smallest absolute Gasteiger partial charge is 0.194 e. The van der Waals surface area contributed by atoms with Crippen molar-refractivity contribution in [2.75, 3.05) is 5.32 Å². The third-order valence-corrected chi connectivity index (χ3v) is 4.40. The Morgan fingerprint density at radius 2 is 1.85 bits per heavy atom. The van der Waals surface area contributed by atoms with E-state index in [9.17, 15) is 0 Å². The maximum absolute atomic E-state index is 4.34. The van der Waals surface area contributed by atoms with Crippen molar-refractivity contribution in [1.29, 1.82) is 0 Å². The monoisotopic (exact) mass is 279 g/mol. The molecule has 0 radical (unpaired) electrons. The molecule has 0 saturated carbocycles. The fraction of sp³-hybridized carbons (Fsp3) is 0.0625. The third kappa shape index (κ3) is 1.85. The van der Waals surface area contributed by atoms with Crippen molar-refractivity contribution in [3.63, 3.8) is 0 Å². The van der Waals surface area contributed by atoms with E-state index in [-0.39, 0.29) is 0 Å². The van der Waals surface area contributed by atoms with Crippen LogP contribution in [0.3, 0.4) is 0 Å². The van der Waals surface area contributed by atoms with Crippen molar-refractivity contribution in [2.45, 2.75) is 6.92 Å². The predicted octanol–water partition coefficient (Wildman–Crippen LogP) is 4.60. The highest BCUT2D eigenvalue weighted by Gasteiger charge is 2.05. The molecule has 0 spiro atoms. The first kappa shape index (κ1) is 11.5. The summed E-state index contributed by atoms with van der Waals surface area (Å²) in [6, 6.07) is 14.8. The molecule has 0 bridgehead atoms. The van der Waals surface area contributed by atoms with Crippen molar-refractivity contribution in [2.24, 2.45) is 0 Å². The molecule has 0 unspecified atom stereocenters. The minimum atomic E-state index is 1.03. The Bertz CT molecular complexity index is 887. The maximum Gasteiger partial charge on any atom is 0.194 e. The van der Waals surface area contributed by atoms with E-state index in [4.69, 9.17) is 0 Å². The second-order valence-electron chi connectivity index (χ2n) is 4.86. The molecule has 2 aromatic carbocycles. The number of aryl methyl sites for hydroxylation is 1. The van der Waals surface area contributed by atoms with Crippen LogP contribution in [0.2, 0.25) is 0 Å². The zero-order valence-corrected chi connectivity index (χ0v) is 11.8. The Labute approximate surface area is 120 Å². The van der Waals surface area contributed by atoms with Gasteiger partial charge in [0.15, 0.2) is 4.96 Å². The number of thiazole rings is 1. The fourth-order valence-corrected chi connectivity index (χ4v) is 3.35. The van der Waals surface area contributed by atoms with E-state index in [1.54, 1.807) is 11.3 Å². The van der Waals surface area contributed by atoms with Crippen LogP contribution in [-0.2, 0) is 0 Å². The van der Waals surface area contributed by atoms with Crippen molar-refractivity contribution < 1.29 is 0 Å². The van der Waals surface area contributed by atoms with Gasteiger partial charge < -0.3 is 5.32 Å². The average Bonchev–Trinajstić information content (AvgIpc) is 3.01. The Kier molecular flexibility index (Phi) is 2.50. The number of hydrogen-bond acceptors (Lipinski definition) is 3. The van der Waals surface area contributed by atoms with Crippen molar-refractivity contribution >= 4 is 37.9 Å². The van der Waals surface area contributed by atoms with E-state index >= 15 is 0 Å². The summed E-state index contributed by atoms with van der Waals surface area (Å²) in [7, 11) is 0. The largest absolute Gasteiger partial charge is 0.355 e. The van der Waals surface area contributed by atoms with Gasteiger partial charge in [-0.2, -0.15) is 0 Å². The number of nitrogens with zero attached hydrogens (tertiary/aromatic N) is 2. The first-order valence-electron chi connectivity index (χ1n) is 6.49. The van der Waals surface area contributed by atoms with Gasteiger partial charge in [-0.05, 0) is 37.3 Å². The van der Waals surface area contributed by atoms with Gasteiger partial charge in [-0.25, -0.2) is 4.98 Å². The van der Waals surface area contributed by atoms with Gasteiger partial charge in [0.05, 0.1) is 10.2 Å². The molecule has 3 nitrogen and oxygen atoms in total. The first-order chi connectivity index (χ1) is 9.79. The minimum Gasteiger partial charge on any atom is -0.355 e. The van der Waals surface area contributed by atoms with E-state index in [0.29, 0.717) is 0 Å². The molecule has 0 aliphatic rings. The Morgan fingerprint density at radius 1 is 1.05 bits per heavy atom. The minimum absolute atomic E-state index is 1.03. The number of rotatable bonds is 2. The summed E-state index contributed by atoms with van der Waals surface area (Å²) in [5.74, 6) is 0. The van der Waals surface area contributed by atoms with Gasteiger partial charge in [-0.1, -0.05) is 29.0 Å². The van der Waals surface area contributed by atoms with Crippen LogP contribution in [0.15, 0.2) is 54.9 Å². The summed E-state index contributed by atoms with van der Waals surface area (Å²) in [4.78, 5) is 5.38. The lowest BCUT2D eigenvalue weighted by Crippen LogP contribution is -1.89. The van der Waals surface area contributed by atoms with Gasteiger partial charge in [0, 0.05) is 23.8 Å². The normalized spacial score (nSPS) is 11.2. The first-order valence-corrected chi connectivity index (χ1v) is 7.30. The number of hydrogen-bond donors (Lipinski definition) is 1. The molecule has 20 heavy (non-hydrogen) atoms. The van der Waals surface area contributed by atoms with Crippen LogP contribution >= 0.6 is 11.3 Å². The summed E-state index contributed by atoms with van der Waals surface area (Å²) in [6.07, 6.45) is 3.84. The molecule has 98 valence electrons. The molecular formula is C16H13N3S. The van der Waals surface area contributed by atoms with Crippen LogP contribution in [0.5, 0.6) is 0 Å². The zero-order chi connectivity index (χ0) is 13.5. The third-order valence-electron chi connectivity index (χ3n) is 3.37. The summed E-state index contributed by atoms with van der Waals surface area (Å²) in [5, 5.41) is 3.44. The number of nitrogens with one attached hydrogen (secondary N) is 1. The lowest BCUT2D eigenvalue weighted by molar-refractivity contribution is 1.30. The molecule has 0 amide bonds. The van der Waals surface area contributed by atoms with Crippen LogP contribution < -0.4 is 5.32 Å². The van der Waals surface area contributed by atoms with Gasteiger partial charge in [0.2, 0.25) is 0 Å². The number of aromatic nitrogens is 2. The second-order valence-corrected chi connectivity index (χ2v) is 5.86. The highest BCUT2D eigenvalue weighted by Crippen LogP contribution is 2.29. The van der Waals surface area contributed by atoms with Gasteiger partial charge >= 0.3 is 0 Å². The van der Waals surface area contributed by atoms with E-state index in [2.05, 4.69) is 64.1 Å². The van der Waals surface area contributed by atoms with E-state index in [0.717, 1.165) is 16.3 Å². The SMILES string of the molecule is Cc1ccc(Nc2ccc3c(c2)sc2nccn23)cc1. The number of anilines is 2. The summed E-state index contributed by atoms with van der Waals surface area (Å²) < 4.78 is 3.36. The standard InChI is InChI=1S/C16H13N3S/c1-11-2-4-12(5-3-11)18-13-6-7-14-15(10-13)20-16-17-8-9-19(14)16/h2-10,18H,1H3. The average molecular weight is 279 g/mol. The van der Waals surface area contributed by atoms with E-state index < -0.39 is 0 Å². The fourth-order valence-electron chi connectivity index (χ4n) is 2.32. The molecule has 0 atom stereocenters. The van der Waals surface area contributed by atoms with Crippen molar-refractivity contribution in [3.05, 3.63) is 60.4 Å². The Hall–Kier alpha value is -2.33. The predicted molar refractivity (Wildman–Crippen MR) is 85.0 cm³/mol. The number of imidazole rings is 1. The molecule has 0 aliphatic carbocycles. The number of fused-ring (bicyclic) bond motifs is 3. The Balaban J connectivity index is 1.74. The molecule has 4 heteroatoms. The van der Waals surface area contributed by atoms with Gasteiger partial charge in [-0.15, -0.1) is 0 Å². The van der Waals surface area contributed by atoms with Crippen LogP contribution in [0.1, 0.15) is 5.56 Å².